The Morgan fingerprint density at radius 2 is 2.00 bits per heavy atom. The fourth-order valence-electron chi connectivity index (χ4n) is 1.19. The Bertz CT molecular complexity index is 528. The minimum Gasteiger partial charge on any atom is -0.394 e. The van der Waals surface area contributed by atoms with Crippen molar-refractivity contribution in [3.8, 4) is 0 Å². The third-order valence-corrected chi connectivity index (χ3v) is 3.33. The van der Waals surface area contributed by atoms with Crippen LogP contribution in [0.2, 0.25) is 0 Å². The second-order valence-corrected chi connectivity index (χ2v) is 4.98. The molecule has 0 aliphatic rings. The summed E-state index contributed by atoms with van der Waals surface area (Å²) in [6.07, 6.45) is 0. The fraction of sp³-hybridized carbons (Fsp3) is 0.400. The van der Waals surface area contributed by atoms with E-state index in [4.69, 9.17) is 9.84 Å². The summed E-state index contributed by atoms with van der Waals surface area (Å²) >= 11 is 0. The summed E-state index contributed by atoms with van der Waals surface area (Å²) in [5.41, 5.74) is -0.332. The molecule has 0 bridgehead atoms. The van der Waals surface area contributed by atoms with Gasteiger partial charge in [-0.25, -0.2) is 0 Å². The van der Waals surface area contributed by atoms with Gasteiger partial charge in [0.25, 0.3) is 15.8 Å². The molecule has 1 rings (SSSR count). The molecule has 9 heteroatoms. The number of aliphatic hydroxyl groups is 1. The lowest BCUT2D eigenvalue weighted by molar-refractivity contribution is -0.385. The van der Waals surface area contributed by atoms with E-state index in [0.717, 1.165) is 6.07 Å². The van der Waals surface area contributed by atoms with Gasteiger partial charge in [0.05, 0.1) is 31.4 Å². The Hall–Kier alpha value is -1.55. The lowest BCUT2D eigenvalue weighted by atomic mass is 10.3. The highest BCUT2D eigenvalue weighted by molar-refractivity contribution is 7.86. The van der Waals surface area contributed by atoms with Gasteiger partial charge in [-0.05, 0) is 6.07 Å². The molecule has 0 heterocycles. The van der Waals surface area contributed by atoms with Crippen molar-refractivity contribution >= 4 is 15.8 Å². The first kappa shape index (κ1) is 15.5. The number of benzene rings is 1. The van der Waals surface area contributed by atoms with Gasteiger partial charge in [0, 0.05) is 12.1 Å². The minimum absolute atomic E-state index is 0.00524. The van der Waals surface area contributed by atoms with Crippen LogP contribution in [0.4, 0.5) is 5.69 Å². The molecule has 1 N–H and O–H groups in total. The van der Waals surface area contributed by atoms with Crippen LogP contribution in [0.5, 0.6) is 0 Å². The highest BCUT2D eigenvalue weighted by Crippen LogP contribution is 2.18. The monoisotopic (exact) mass is 291 g/mol. The van der Waals surface area contributed by atoms with Gasteiger partial charge in [-0.15, -0.1) is 0 Å². The normalized spacial score (nSPS) is 11.4. The summed E-state index contributed by atoms with van der Waals surface area (Å²) in [6, 6.07) is 4.57. The summed E-state index contributed by atoms with van der Waals surface area (Å²) in [4.78, 5) is 9.56. The zero-order valence-corrected chi connectivity index (χ0v) is 10.7. The molecule has 106 valence electrons. The number of nitro benzene ring substituents is 1. The Labute approximate surface area is 109 Å². The van der Waals surface area contributed by atoms with Crippen molar-refractivity contribution in [2.24, 2.45) is 0 Å². The third kappa shape index (κ3) is 4.91. The quantitative estimate of drug-likeness (QED) is 0.317. The zero-order chi connectivity index (χ0) is 14.3. The van der Waals surface area contributed by atoms with Crippen LogP contribution < -0.4 is 0 Å². The Kier molecular flexibility index (Phi) is 5.83. The maximum absolute atomic E-state index is 11.7. The molecule has 0 unspecified atom stereocenters. The number of nitrogens with zero attached hydrogens (tertiary/aromatic N) is 1. The average Bonchev–Trinajstić information content (AvgIpc) is 2.38. The van der Waals surface area contributed by atoms with Gasteiger partial charge in [-0.1, -0.05) is 6.07 Å². The van der Waals surface area contributed by atoms with Gasteiger partial charge in [-0.2, -0.15) is 8.42 Å². The molecule has 19 heavy (non-hydrogen) atoms. The molecular formula is C10H13NO7S. The first-order chi connectivity index (χ1) is 8.97. The van der Waals surface area contributed by atoms with E-state index in [1.807, 2.05) is 0 Å². The van der Waals surface area contributed by atoms with Crippen LogP contribution in [0.1, 0.15) is 0 Å². The molecule has 0 saturated heterocycles. The van der Waals surface area contributed by atoms with E-state index in [0.29, 0.717) is 0 Å². The molecule has 0 saturated carbocycles. The van der Waals surface area contributed by atoms with Gasteiger partial charge in [0.1, 0.15) is 4.90 Å². The predicted octanol–water partition coefficient (Wildman–Crippen LogP) is 0.309. The van der Waals surface area contributed by atoms with Crippen molar-refractivity contribution in [1.29, 1.82) is 0 Å². The summed E-state index contributed by atoms with van der Waals surface area (Å²) < 4.78 is 32.8. The topological polar surface area (TPSA) is 116 Å². The van der Waals surface area contributed by atoms with Crippen LogP contribution >= 0.6 is 0 Å². The van der Waals surface area contributed by atoms with Gasteiger partial charge >= 0.3 is 0 Å². The Morgan fingerprint density at radius 1 is 1.26 bits per heavy atom. The van der Waals surface area contributed by atoms with Crippen molar-refractivity contribution in [1.82, 2.24) is 0 Å². The summed E-state index contributed by atoms with van der Waals surface area (Å²) in [7, 11) is -4.05. The summed E-state index contributed by atoms with van der Waals surface area (Å²) in [5, 5.41) is 19.0. The number of aliphatic hydroxyl groups excluding tert-OH is 1. The number of nitro groups is 1. The van der Waals surface area contributed by atoms with Crippen LogP contribution in [0.15, 0.2) is 29.2 Å². The van der Waals surface area contributed by atoms with Gasteiger partial charge in [0.15, 0.2) is 0 Å². The lowest BCUT2D eigenvalue weighted by Crippen LogP contribution is -2.13. The van der Waals surface area contributed by atoms with E-state index in [9.17, 15) is 18.5 Å². The second kappa shape index (κ2) is 7.14. The highest BCUT2D eigenvalue weighted by Gasteiger charge is 2.18. The molecule has 0 radical (unpaired) electrons. The minimum atomic E-state index is -4.05. The van der Waals surface area contributed by atoms with E-state index in [1.165, 1.54) is 18.2 Å². The Morgan fingerprint density at radius 3 is 2.63 bits per heavy atom. The molecule has 0 fully saturated rings. The van der Waals surface area contributed by atoms with E-state index >= 15 is 0 Å². The van der Waals surface area contributed by atoms with E-state index in [-0.39, 0.29) is 37.0 Å². The Balaban J connectivity index is 2.66. The molecule has 0 amide bonds. The van der Waals surface area contributed by atoms with Crippen LogP contribution in [-0.4, -0.2) is 44.9 Å². The second-order valence-electron chi connectivity index (χ2n) is 3.37. The molecular weight excluding hydrogens is 278 g/mol. The van der Waals surface area contributed by atoms with E-state index in [2.05, 4.69) is 4.18 Å². The number of ether oxygens (including phenoxy) is 1. The molecule has 8 nitrogen and oxygen atoms in total. The highest BCUT2D eigenvalue weighted by atomic mass is 32.2. The number of hydrogen-bond acceptors (Lipinski definition) is 7. The SMILES string of the molecule is O=[N+]([O-])c1cccc(S(=O)(=O)OCCOCCO)c1. The van der Waals surface area contributed by atoms with Crippen LogP contribution in [0.25, 0.3) is 0 Å². The first-order valence-electron chi connectivity index (χ1n) is 5.30. The van der Waals surface area contributed by atoms with E-state index < -0.39 is 15.0 Å². The average molecular weight is 291 g/mol. The van der Waals surface area contributed by atoms with Crippen molar-refractivity contribution in [3.63, 3.8) is 0 Å². The molecule has 0 aliphatic heterocycles. The van der Waals surface area contributed by atoms with Crippen molar-refractivity contribution in [3.05, 3.63) is 34.4 Å². The molecule has 0 spiro atoms. The molecule has 1 aromatic rings. The van der Waals surface area contributed by atoms with Gasteiger partial charge in [-0.3, -0.25) is 14.3 Å². The van der Waals surface area contributed by atoms with Crippen molar-refractivity contribution < 1.29 is 27.4 Å². The van der Waals surface area contributed by atoms with Crippen molar-refractivity contribution in [2.75, 3.05) is 26.4 Å². The lowest BCUT2D eigenvalue weighted by Gasteiger charge is -2.05. The smallest absolute Gasteiger partial charge is 0.297 e. The summed E-state index contributed by atoms with van der Waals surface area (Å²) in [5.74, 6) is 0. The van der Waals surface area contributed by atoms with Gasteiger partial charge in [0.2, 0.25) is 0 Å². The first-order valence-corrected chi connectivity index (χ1v) is 6.70. The van der Waals surface area contributed by atoms with Crippen LogP contribution in [-0.2, 0) is 19.0 Å². The standard InChI is InChI=1S/C10H13NO7S/c12-4-5-17-6-7-18-19(15,16)10-3-1-2-9(8-10)11(13)14/h1-3,8,12H,4-7H2. The predicted molar refractivity (Wildman–Crippen MR) is 64.1 cm³/mol. The maximum atomic E-state index is 11.7. The summed E-state index contributed by atoms with van der Waals surface area (Å²) in [6.45, 7) is -0.322. The van der Waals surface area contributed by atoms with E-state index in [1.54, 1.807) is 0 Å². The third-order valence-electron chi connectivity index (χ3n) is 2.02. The molecule has 0 aliphatic carbocycles. The fourth-order valence-corrected chi connectivity index (χ4v) is 2.12. The molecule has 0 aromatic heterocycles. The van der Waals surface area contributed by atoms with Crippen LogP contribution in [0, 0.1) is 10.1 Å². The van der Waals surface area contributed by atoms with Crippen molar-refractivity contribution in [2.45, 2.75) is 4.90 Å². The van der Waals surface area contributed by atoms with Crippen LogP contribution in [0.3, 0.4) is 0 Å². The number of non-ortho nitro benzene ring substituents is 1. The molecule has 0 atom stereocenters. The number of rotatable bonds is 8. The van der Waals surface area contributed by atoms with Gasteiger partial charge < -0.3 is 9.84 Å². The zero-order valence-electron chi connectivity index (χ0n) is 9.89. The number of hydrogen-bond donors (Lipinski definition) is 1. The largest absolute Gasteiger partial charge is 0.394 e. The molecule has 1 aromatic carbocycles. The maximum Gasteiger partial charge on any atom is 0.297 e.